The largest absolute Gasteiger partial charge is 0.481 e. The van der Waals surface area contributed by atoms with Crippen LogP contribution in [0.25, 0.3) is 10.8 Å². The number of fused-ring (bicyclic) bond motifs is 1. The first-order valence-corrected chi connectivity index (χ1v) is 8.05. The van der Waals surface area contributed by atoms with Gasteiger partial charge in [-0.25, -0.2) is 0 Å². The van der Waals surface area contributed by atoms with Crippen molar-refractivity contribution < 1.29 is 14.7 Å². The summed E-state index contributed by atoms with van der Waals surface area (Å²) < 4.78 is 1.00. The number of hydrogen-bond acceptors (Lipinski definition) is 2. The topological polar surface area (TPSA) is 66.4 Å². The minimum absolute atomic E-state index is 0.0470. The summed E-state index contributed by atoms with van der Waals surface area (Å²) in [5, 5.41) is 14.0. The van der Waals surface area contributed by atoms with E-state index in [1.54, 1.807) is 6.07 Å². The molecule has 22 heavy (non-hydrogen) atoms. The molecule has 1 fully saturated rings. The molecule has 0 unspecified atom stereocenters. The number of hydrogen-bond donors (Lipinski definition) is 2. The van der Waals surface area contributed by atoms with Crippen molar-refractivity contribution in [2.75, 3.05) is 0 Å². The summed E-state index contributed by atoms with van der Waals surface area (Å²) in [6.45, 7) is 0. The van der Waals surface area contributed by atoms with Gasteiger partial charge in [0, 0.05) is 16.1 Å². The van der Waals surface area contributed by atoms with Crippen LogP contribution in [0.1, 0.15) is 29.6 Å². The van der Waals surface area contributed by atoms with Gasteiger partial charge >= 0.3 is 5.97 Å². The van der Waals surface area contributed by atoms with Gasteiger partial charge in [0.2, 0.25) is 0 Å². The molecule has 3 rings (SSSR count). The van der Waals surface area contributed by atoms with Crippen LogP contribution in [0.15, 0.2) is 40.9 Å². The summed E-state index contributed by atoms with van der Waals surface area (Å²) >= 11 is 3.43. The Morgan fingerprint density at radius 2 is 1.82 bits per heavy atom. The molecule has 0 radical (unpaired) electrons. The maximum Gasteiger partial charge on any atom is 0.306 e. The van der Waals surface area contributed by atoms with Gasteiger partial charge in [-0.05, 0) is 54.3 Å². The molecular weight excluding hydrogens is 346 g/mol. The van der Waals surface area contributed by atoms with Gasteiger partial charge in [-0.3, -0.25) is 9.59 Å². The fourth-order valence-electron chi connectivity index (χ4n) is 2.96. The second-order valence-corrected chi connectivity index (χ2v) is 6.64. The van der Waals surface area contributed by atoms with E-state index in [0.29, 0.717) is 18.4 Å². The number of nitrogens with one attached hydrogen (secondary N) is 1. The molecule has 2 atom stereocenters. The van der Waals surface area contributed by atoms with Gasteiger partial charge in [0.15, 0.2) is 0 Å². The Kier molecular flexibility index (Phi) is 4.16. The number of carboxylic acid groups (broad SMARTS) is 1. The molecule has 1 aliphatic carbocycles. The van der Waals surface area contributed by atoms with E-state index in [2.05, 4.69) is 21.2 Å². The van der Waals surface area contributed by atoms with Crippen molar-refractivity contribution in [3.05, 3.63) is 46.4 Å². The van der Waals surface area contributed by atoms with Gasteiger partial charge < -0.3 is 10.4 Å². The van der Waals surface area contributed by atoms with Crippen LogP contribution in [0.2, 0.25) is 0 Å². The van der Waals surface area contributed by atoms with E-state index in [1.165, 1.54) is 0 Å². The highest BCUT2D eigenvalue weighted by Crippen LogP contribution is 2.26. The lowest BCUT2D eigenvalue weighted by Gasteiger charge is -2.13. The Balaban J connectivity index is 1.73. The first-order chi connectivity index (χ1) is 10.5. The van der Waals surface area contributed by atoms with Crippen molar-refractivity contribution in [3.8, 4) is 0 Å². The third-order valence-corrected chi connectivity index (χ3v) is 4.67. The monoisotopic (exact) mass is 361 g/mol. The number of rotatable bonds is 3. The number of aliphatic carboxylic acids is 1. The standard InChI is InChI=1S/C17H16BrNO3/c18-14-5-3-10-7-12(2-1-11(10)8-14)16(20)19-15-6-4-13(9-15)17(21)22/h1-3,5,7-8,13,15H,4,6,9H2,(H,19,20)(H,21,22)/t13-,15+/m0/s1. The molecule has 0 spiro atoms. The van der Waals surface area contributed by atoms with E-state index in [-0.39, 0.29) is 17.9 Å². The van der Waals surface area contributed by atoms with Crippen LogP contribution in [0, 0.1) is 5.92 Å². The lowest BCUT2D eigenvalue weighted by molar-refractivity contribution is -0.141. The van der Waals surface area contributed by atoms with E-state index >= 15 is 0 Å². The molecule has 0 saturated heterocycles. The fraction of sp³-hybridized carbons (Fsp3) is 0.294. The Labute approximate surface area is 136 Å². The number of carbonyl (C=O) groups is 2. The first kappa shape index (κ1) is 15.0. The van der Waals surface area contributed by atoms with Crippen LogP contribution < -0.4 is 5.32 Å². The average molecular weight is 362 g/mol. The van der Waals surface area contributed by atoms with Crippen LogP contribution in [0.4, 0.5) is 0 Å². The van der Waals surface area contributed by atoms with Crippen molar-refractivity contribution in [1.29, 1.82) is 0 Å². The molecule has 2 aromatic rings. The Hall–Kier alpha value is -1.88. The summed E-state index contributed by atoms with van der Waals surface area (Å²) in [6.07, 6.45) is 1.87. The van der Waals surface area contributed by atoms with Gasteiger partial charge in [0.05, 0.1) is 5.92 Å². The Morgan fingerprint density at radius 1 is 1.09 bits per heavy atom. The molecule has 0 aliphatic heterocycles. The first-order valence-electron chi connectivity index (χ1n) is 7.26. The minimum Gasteiger partial charge on any atom is -0.481 e. The number of halogens is 1. The van der Waals surface area contributed by atoms with Crippen LogP contribution in [-0.2, 0) is 4.79 Å². The van der Waals surface area contributed by atoms with Gasteiger partial charge in [-0.1, -0.05) is 28.1 Å². The number of benzene rings is 2. The number of carboxylic acids is 1. The maximum atomic E-state index is 12.3. The van der Waals surface area contributed by atoms with Crippen molar-refractivity contribution >= 4 is 38.6 Å². The molecular formula is C17H16BrNO3. The normalized spacial score (nSPS) is 21.0. The maximum absolute atomic E-state index is 12.3. The molecule has 2 aromatic carbocycles. The minimum atomic E-state index is -0.770. The zero-order chi connectivity index (χ0) is 15.7. The number of carbonyl (C=O) groups excluding carboxylic acids is 1. The lowest BCUT2D eigenvalue weighted by atomic mass is 10.1. The summed E-state index contributed by atoms with van der Waals surface area (Å²) in [5.74, 6) is -1.24. The third-order valence-electron chi connectivity index (χ3n) is 4.18. The second kappa shape index (κ2) is 6.08. The fourth-order valence-corrected chi connectivity index (χ4v) is 3.34. The SMILES string of the molecule is O=C(N[C@@H]1CC[C@H](C(=O)O)C1)c1ccc2cc(Br)ccc2c1. The molecule has 1 aliphatic rings. The molecule has 0 aromatic heterocycles. The van der Waals surface area contributed by atoms with Crippen LogP contribution in [0.3, 0.4) is 0 Å². The smallest absolute Gasteiger partial charge is 0.306 e. The van der Waals surface area contributed by atoms with Crippen molar-refractivity contribution in [1.82, 2.24) is 5.32 Å². The van der Waals surface area contributed by atoms with Crippen molar-refractivity contribution in [3.63, 3.8) is 0 Å². The highest BCUT2D eigenvalue weighted by Gasteiger charge is 2.30. The Morgan fingerprint density at radius 3 is 2.55 bits per heavy atom. The Bertz CT molecular complexity index is 744. The molecule has 2 N–H and O–H groups in total. The lowest BCUT2D eigenvalue weighted by Crippen LogP contribution is -2.33. The van der Waals surface area contributed by atoms with E-state index in [1.807, 2.05) is 30.3 Å². The average Bonchev–Trinajstić information content (AvgIpc) is 2.95. The summed E-state index contributed by atoms with van der Waals surface area (Å²) in [5.41, 5.74) is 0.605. The van der Waals surface area contributed by atoms with Gasteiger partial charge in [0.1, 0.15) is 0 Å². The predicted octanol–water partition coefficient (Wildman–Crippen LogP) is 3.59. The summed E-state index contributed by atoms with van der Waals surface area (Å²) in [7, 11) is 0. The number of amides is 1. The molecule has 4 nitrogen and oxygen atoms in total. The molecule has 0 bridgehead atoms. The zero-order valence-corrected chi connectivity index (χ0v) is 13.5. The zero-order valence-electron chi connectivity index (χ0n) is 11.9. The molecule has 114 valence electrons. The van der Waals surface area contributed by atoms with Gasteiger partial charge in [-0.2, -0.15) is 0 Å². The van der Waals surface area contributed by atoms with Crippen molar-refractivity contribution in [2.24, 2.45) is 5.92 Å². The third kappa shape index (κ3) is 3.14. The van der Waals surface area contributed by atoms with Gasteiger partial charge in [0.25, 0.3) is 5.91 Å². The van der Waals surface area contributed by atoms with E-state index in [0.717, 1.165) is 21.7 Å². The highest BCUT2D eigenvalue weighted by molar-refractivity contribution is 9.10. The summed E-state index contributed by atoms with van der Waals surface area (Å²) in [4.78, 5) is 23.3. The highest BCUT2D eigenvalue weighted by atomic mass is 79.9. The van der Waals surface area contributed by atoms with Crippen LogP contribution in [0.5, 0.6) is 0 Å². The van der Waals surface area contributed by atoms with Crippen molar-refractivity contribution in [2.45, 2.75) is 25.3 Å². The summed E-state index contributed by atoms with van der Waals surface area (Å²) in [6, 6.07) is 11.4. The molecule has 5 heteroatoms. The van der Waals surface area contributed by atoms with Gasteiger partial charge in [-0.15, -0.1) is 0 Å². The quantitative estimate of drug-likeness (QED) is 0.877. The second-order valence-electron chi connectivity index (χ2n) is 5.72. The van der Waals surface area contributed by atoms with E-state index < -0.39 is 5.97 Å². The predicted molar refractivity (Wildman–Crippen MR) is 87.9 cm³/mol. The van der Waals surface area contributed by atoms with Crippen LogP contribution >= 0.6 is 15.9 Å². The molecule has 0 heterocycles. The van der Waals surface area contributed by atoms with E-state index in [4.69, 9.17) is 5.11 Å². The molecule has 1 amide bonds. The van der Waals surface area contributed by atoms with Crippen LogP contribution in [-0.4, -0.2) is 23.0 Å². The van der Waals surface area contributed by atoms with E-state index in [9.17, 15) is 9.59 Å². The molecule has 1 saturated carbocycles.